The summed E-state index contributed by atoms with van der Waals surface area (Å²) in [7, 11) is 0. The molecule has 21 heteroatoms. The number of carbonyl (C=O) groups excluding carboxylic acids is 6. The van der Waals surface area contributed by atoms with Crippen molar-refractivity contribution in [2.75, 3.05) is 52.9 Å². The van der Waals surface area contributed by atoms with Crippen molar-refractivity contribution in [3.63, 3.8) is 0 Å². The molecule has 0 aliphatic rings. The van der Waals surface area contributed by atoms with E-state index in [0.717, 1.165) is 113 Å². The Balaban J connectivity index is -0.000000320. The summed E-state index contributed by atoms with van der Waals surface area (Å²) in [4.78, 5) is 63.7. The van der Waals surface area contributed by atoms with Crippen molar-refractivity contribution in [1.29, 1.82) is 0 Å². The van der Waals surface area contributed by atoms with E-state index in [9.17, 15) is 28.8 Å². The molecule has 0 amide bonds. The van der Waals surface area contributed by atoms with Crippen LogP contribution in [0.4, 0.5) is 0 Å². The van der Waals surface area contributed by atoms with E-state index in [-0.39, 0.29) is 36.8 Å². The van der Waals surface area contributed by atoms with Gasteiger partial charge < -0.3 is 28.4 Å². The molecular weight excluding hydrogens is 1990 g/mol. The summed E-state index contributed by atoms with van der Waals surface area (Å²) >= 11 is 38.6. The molecule has 0 atom stereocenters. The summed E-state index contributed by atoms with van der Waals surface area (Å²) in [6, 6.07) is 0. The molecule has 0 heterocycles. The Bertz CT molecular complexity index is 2330. The smallest absolute Gasteiger partial charge is 0.185 e. The van der Waals surface area contributed by atoms with Crippen LogP contribution in [0.2, 0.25) is 0 Å². The lowest BCUT2D eigenvalue weighted by molar-refractivity contribution is -0.111. The van der Waals surface area contributed by atoms with Gasteiger partial charge in [0, 0.05) is 57.8 Å². The molecule has 878 valence electrons. The van der Waals surface area contributed by atoms with Crippen LogP contribution >= 0.6 is 112 Å². The standard InChI is InChI=1S/C30H56O6S3.6C16H32OS/c1-4-7-10-13-16-28(37)34-21-19-31-25-27(33-23-24-36-30(39)18-15-12-9-6-3)26-32-20-22-35-29(38)17-14-11-8-5-2;6*1-15(2)13-11-9-7-5-3-4-6-8-10-12-14-16(17)18/h27H,4-26H2,1-3H3;6*15H,3-14H2,1-2H3,(H,17,18). The molecule has 0 aliphatic heterocycles. The zero-order chi connectivity index (χ0) is 111. The quantitative estimate of drug-likeness (QED) is 0.0194. The van der Waals surface area contributed by atoms with Gasteiger partial charge in [-0.1, -0.05) is 547 Å². The van der Waals surface area contributed by atoms with Crippen LogP contribution in [0, 0.1) is 35.5 Å². The molecular formula is C126H248O12S9. The summed E-state index contributed by atoms with van der Waals surface area (Å²) in [5.74, 6) is 5.22. The van der Waals surface area contributed by atoms with Crippen LogP contribution in [0.3, 0.4) is 0 Å². The van der Waals surface area contributed by atoms with Crippen LogP contribution in [-0.2, 0) is 57.2 Å². The number of thiocarbonyl (C=S) groups is 3. The van der Waals surface area contributed by atoms with E-state index in [2.05, 4.69) is 180 Å². The van der Waals surface area contributed by atoms with E-state index >= 15 is 0 Å². The average Bonchev–Trinajstić information content (AvgIpc) is 0.978. The molecule has 0 bridgehead atoms. The second-order valence-corrected chi connectivity index (χ2v) is 49.3. The Hall–Kier alpha value is -0.330. The molecule has 0 rings (SSSR count). The second kappa shape index (κ2) is 138. The molecule has 0 aliphatic carbocycles. The van der Waals surface area contributed by atoms with Gasteiger partial charge in [-0.25, -0.2) is 0 Å². The number of carbonyl (C=O) groups is 6. The number of thiol groups is 6. The summed E-state index contributed by atoms with van der Waals surface area (Å²) in [6.07, 6.45) is 108. The van der Waals surface area contributed by atoms with Crippen LogP contribution in [0.25, 0.3) is 0 Å². The van der Waals surface area contributed by atoms with Gasteiger partial charge in [-0.3, -0.25) is 28.8 Å². The zero-order valence-corrected chi connectivity index (χ0v) is 107. The minimum atomic E-state index is -0.228. The van der Waals surface area contributed by atoms with Crippen LogP contribution in [0.5, 0.6) is 0 Å². The maximum atomic E-state index is 10.6. The lowest BCUT2D eigenvalue weighted by atomic mass is 10.0. The first-order chi connectivity index (χ1) is 70.8. The predicted octanol–water partition coefficient (Wildman–Crippen LogP) is 43.0. The number of unbranched alkanes of at least 4 members (excludes halogenated alkanes) is 63. The molecule has 0 aromatic rings. The first kappa shape index (κ1) is 160. The van der Waals surface area contributed by atoms with E-state index in [0.29, 0.717) is 107 Å². The molecule has 0 N–H and O–H groups in total. The molecule has 0 fully saturated rings. The highest BCUT2D eigenvalue weighted by Gasteiger charge is 2.14. The topological polar surface area (TPSA) is 158 Å². The van der Waals surface area contributed by atoms with Crippen molar-refractivity contribution in [1.82, 2.24) is 0 Å². The number of rotatable bonds is 107. The molecule has 147 heavy (non-hydrogen) atoms. The zero-order valence-electron chi connectivity index (χ0n) is 99.5. The predicted molar refractivity (Wildman–Crippen MR) is 679 cm³/mol. The Morgan fingerprint density at radius 2 is 0.306 bits per heavy atom. The van der Waals surface area contributed by atoms with Gasteiger partial charge in [0.1, 0.15) is 25.9 Å². The number of hydrogen-bond acceptors (Lipinski definition) is 15. The van der Waals surface area contributed by atoms with E-state index in [1.165, 1.54) is 443 Å². The highest BCUT2D eigenvalue weighted by Crippen LogP contribution is 2.23. The lowest BCUT2D eigenvalue weighted by Crippen LogP contribution is -2.29. The molecule has 0 radical (unpaired) electrons. The third-order valence-electron chi connectivity index (χ3n) is 26.5. The van der Waals surface area contributed by atoms with Crippen molar-refractivity contribution in [2.24, 2.45) is 35.5 Å². The van der Waals surface area contributed by atoms with E-state index in [4.69, 9.17) is 65.1 Å². The minimum Gasteiger partial charge on any atom is -0.485 e. The van der Waals surface area contributed by atoms with Crippen LogP contribution in [0.1, 0.15) is 662 Å². The normalized spacial score (nSPS) is 11.1. The number of ether oxygens (including phenoxy) is 6. The van der Waals surface area contributed by atoms with Crippen LogP contribution in [0.15, 0.2) is 0 Å². The molecule has 0 aromatic carbocycles. The van der Waals surface area contributed by atoms with E-state index in [1.807, 2.05) is 0 Å². The summed E-state index contributed by atoms with van der Waals surface area (Å²) < 4.78 is 34.5. The third-order valence-corrected chi connectivity index (χ3v) is 28.8. The Labute approximate surface area is 964 Å². The highest BCUT2D eigenvalue weighted by atomic mass is 32.1. The van der Waals surface area contributed by atoms with Gasteiger partial charge in [0.25, 0.3) is 0 Å². The third kappa shape index (κ3) is 176. The summed E-state index contributed by atoms with van der Waals surface area (Å²) in [6.45, 7) is 37.7. The number of hydrogen-bond donors (Lipinski definition) is 6. The lowest BCUT2D eigenvalue weighted by Gasteiger charge is -2.19. The Morgan fingerprint density at radius 3 is 0.449 bits per heavy atom. The minimum absolute atomic E-state index is 0.0383. The van der Waals surface area contributed by atoms with Gasteiger partial charge in [0.05, 0.1) is 33.0 Å². The van der Waals surface area contributed by atoms with Gasteiger partial charge in [0.2, 0.25) is 0 Å². The van der Waals surface area contributed by atoms with E-state index < -0.39 is 0 Å². The van der Waals surface area contributed by atoms with Crippen molar-refractivity contribution >= 4 is 158 Å². The molecule has 0 saturated heterocycles. The second-order valence-electron chi connectivity index (χ2n) is 44.9. The Kier molecular flexibility index (Phi) is 150. The van der Waals surface area contributed by atoms with Crippen LogP contribution < -0.4 is 0 Å². The van der Waals surface area contributed by atoms with Crippen molar-refractivity contribution in [3.8, 4) is 0 Å². The first-order valence-corrected chi connectivity index (χ1v) is 66.2. The van der Waals surface area contributed by atoms with Gasteiger partial charge in [-0.2, -0.15) is 0 Å². The monoisotopic (exact) mass is 2240 g/mol. The fourth-order valence-electron chi connectivity index (χ4n) is 17.1. The maximum absolute atomic E-state index is 10.6. The Morgan fingerprint density at radius 1 is 0.177 bits per heavy atom. The maximum Gasteiger partial charge on any atom is 0.185 e. The molecule has 0 saturated carbocycles. The highest BCUT2D eigenvalue weighted by molar-refractivity contribution is 7.97. The molecule has 12 nitrogen and oxygen atoms in total. The molecule has 0 spiro atoms. The summed E-state index contributed by atoms with van der Waals surface area (Å²) in [5.41, 5.74) is 0. The van der Waals surface area contributed by atoms with Gasteiger partial charge in [0.15, 0.2) is 45.8 Å². The van der Waals surface area contributed by atoms with Crippen LogP contribution in [-0.4, -0.2) is 105 Å². The van der Waals surface area contributed by atoms with Crippen molar-refractivity contribution < 1.29 is 57.2 Å². The average molecular weight is 2240 g/mol. The summed E-state index contributed by atoms with van der Waals surface area (Å²) in [5, 5.41) is 2.21. The van der Waals surface area contributed by atoms with Crippen molar-refractivity contribution in [2.45, 2.75) is 669 Å². The van der Waals surface area contributed by atoms with Gasteiger partial charge in [-0.15, -0.1) is 75.8 Å². The first-order valence-electron chi connectivity index (χ1n) is 62.3. The molecule has 0 unspecified atom stereocenters. The largest absolute Gasteiger partial charge is 0.485 e. The van der Waals surface area contributed by atoms with E-state index in [1.54, 1.807) is 0 Å². The molecule has 0 aromatic heterocycles. The van der Waals surface area contributed by atoms with Crippen molar-refractivity contribution in [3.05, 3.63) is 0 Å². The van der Waals surface area contributed by atoms with Gasteiger partial charge >= 0.3 is 0 Å². The van der Waals surface area contributed by atoms with Gasteiger partial charge in [-0.05, 0) is 130 Å². The fourth-order valence-corrected chi connectivity index (χ4v) is 18.8. The fraction of sp³-hybridized carbons (Fsp3) is 0.929. The SMILES string of the molecule is CC(C)CCCCCCCCCCCCC(=O)S.CC(C)CCCCCCCCCCCCC(=O)S.CC(C)CCCCCCCCCCCCC(=O)S.CC(C)CCCCCCCCCCCCC(=O)S.CC(C)CCCCCCCCCCCCC(=O)S.CC(C)CCCCCCCCCCCCC(=O)S.CCCCCCC(=S)OCCOCC(COCCOC(=S)CCCCCC)OCCOC(=S)CCCCCC.